The molecule has 55 heavy (non-hydrogen) atoms. The molecule has 0 spiro atoms. The third-order valence-electron chi connectivity index (χ3n) is 8.96. The molecule has 0 heterocycles. The fraction of sp³-hybridized carbons (Fsp3) is 0.511. The summed E-state index contributed by atoms with van der Waals surface area (Å²) in [6.07, 6.45) is 5.96. The number of hydrogen-bond donors (Lipinski definition) is 3. The van der Waals surface area contributed by atoms with Crippen molar-refractivity contribution in [1.82, 2.24) is 15.5 Å². The second kappa shape index (κ2) is 21.3. The molecule has 0 bridgehead atoms. The van der Waals surface area contributed by atoms with Crippen LogP contribution in [0.5, 0.6) is 5.75 Å². The Balaban J connectivity index is 2.14. The van der Waals surface area contributed by atoms with E-state index < -0.39 is 53.2 Å². The molecular weight excluding hydrogens is 695 g/mol. The van der Waals surface area contributed by atoms with E-state index in [4.69, 9.17) is 9.47 Å². The van der Waals surface area contributed by atoms with E-state index in [-0.39, 0.29) is 25.1 Å². The van der Waals surface area contributed by atoms with Crippen LogP contribution in [0.4, 0.5) is 4.79 Å². The number of ether oxygens (including phenoxy) is 2. The Labute approximate surface area is 328 Å². The number of amides is 3. The summed E-state index contributed by atoms with van der Waals surface area (Å²) in [6.45, 7) is 15.0. The van der Waals surface area contributed by atoms with Crippen LogP contribution >= 0.6 is 0 Å². The third-order valence-corrected chi connectivity index (χ3v) is 8.96. The molecule has 300 valence electrons. The van der Waals surface area contributed by atoms with Crippen LogP contribution in [0.2, 0.25) is 0 Å². The van der Waals surface area contributed by atoms with Gasteiger partial charge in [0.05, 0.1) is 0 Å². The number of nitrogens with zero attached hydrogens (tertiary/aromatic N) is 1. The molecular formula is C45H63N3O7. The molecule has 0 saturated heterocycles. The van der Waals surface area contributed by atoms with E-state index in [1.165, 1.54) is 17.0 Å². The number of rotatable bonds is 19. The molecule has 0 aliphatic carbocycles. The summed E-state index contributed by atoms with van der Waals surface area (Å²) < 4.78 is 11.4. The highest BCUT2D eigenvalue weighted by atomic mass is 16.6. The van der Waals surface area contributed by atoms with Crippen LogP contribution in [-0.4, -0.2) is 63.7 Å². The molecule has 0 aromatic heterocycles. The van der Waals surface area contributed by atoms with Gasteiger partial charge in [0.15, 0.2) is 0 Å². The highest BCUT2D eigenvalue weighted by molar-refractivity contribution is 5.94. The number of phenolic OH excluding ortho intramolecular Hbond substituents is 1. The van der Waals surface area contributed by atoms with E-state index >= 15 is 4.79 Å². The second-order valence-electron chi connectivity index (χ2n) is 16.2. The molecule has 10 nitrogen and oxygen atoms in total. The van der Waals surface area contributed by atoms with Gasteiger partial charge in [-0.05, 0) is 88.8 Å². The maximum Gasteiger partial charge on any atom is 0.408 e. The van der Waals surface area contributed by atoms with Crippen molar-refractivity contribution in [2.24, 2.45) is 0 Å². The minimum Gasteiger partial charge on any atom is -0.508 e. The lowest BCUT2D eigenvalue weighted by Gasteiger charge is -2.35. The highest BCUT2D eigenvalue weighted by Crippen LogP contribution is 2.26. The number of aromatic hydroxyl groups is 1. The maximum atomic E-state index is 15.1. The fourth-order valence-corrected chi connectivity index (χ4v) is 6.22. The highest BCUT2D eigenvalue weighted by Gasteiger charge is 2.38. The Hall–Kier alpha value is -4.86. The van der Waals surface area contributed by atoms with Gasteiger partial charge in [0.25, 0.3) is 0 Å². The van der Waals surface area contributed by atoms with Gasteiger partial charge in [0.2, 0.25) is 11.8 Å². The molecule has 3 N–H and O–H groups in total. The van der Waals surface area contributed by atoms with Crippen molar-refractivity contribution in [1.29, 1.82) is 0 Å². The van der Waals surface area contributed by atoms with E-state index in [0.29, 0.717) is 17.5 Å². The topological polar surface area (TPSA) is 134 Å². The van der Waals surface area contributed by atoms with Crippen LogP contribution in [0.3, 0.4) is 0 Å². The number of carbonyl (C=O) groups is 4. The first-order valence-electron chi connectivity index (χ1n) is 19.7. The molecule has 0 radical (unpaired) electrons. The minimum atomic E-state index is -1.16. The quantitative estimate of drug-likeness (QED) is 0.0826. The zero-order valence-electron chi connectivity index (χ0n) is 34.2. The van der Waals surface area contributed by atoms with E-state index in [1.807, 2.05) is 61.5 Å². The van der Waals surface area contributed by atoms with Crippen molar-refractivity contribution in [3.05, 3.63) is 101 Å². The van der Waals surface area contributed by atoms with E-state index in [0.717, 1.165) is 49.7 Å². The Kier molecular flexibility index (Phi) is 17.2. The summed E-state index contributed by atoms with van der Waals surface area (Å²) in [7, 11) is 0. The Morgan fingerprint density at radius 1 is 0.655 bits per heavy atom. The van der Waals surface area contributed by atoms with Gasteiger partial charge in [-0.15, -0.1) is 0 Å². The van der Waals surface area contributed by atoms with Gasteiger partial charge < -0.3 is 30.1 Å². The summed E-state index contributed by atoms with van der Waals surface area (Å²) in [5.41, 5.74) is 1.51. The summed E-state index contributed by atoms with van der Waals surface area (Å²) in [5, 5.41) is 15.7. The van der Waals surface area contributed by atoms with Gasteiger partial charge in [0.1, 0.15) is 35.1 Å². The average Bonchev–Trinajstić information content (AvgIpc) is 3.11. The normalized spacial score (nSPS) is 13.2. The molecule has 0 fully saturated rings. The van der Waals surface area contributed by atoms with Crippen LogP contribution in [0.15, 0.2) is 78.9 Å². The molecule has 3 rings (SSSR count). The summed E-state index contributed by atoms with van der Waals surface area (Å²) in [5.74, 6) is -1.55. The Bertz CT molecular complexity index is 1640. The van der Waals surface area contributed by atoms with Crippen LogP contribution in [0.1, 0.15) is 122 Å². The SMILES string of the molecule is CCCCCCCCN(C(=O)C(Cc1ccc(O)cc1)NC(=O)OC(C)(C)C)C(C(=O)NC(Cc1ccccc1)C(=O)OC(C)(C)C)c1ccc(CC)cc1. The summed E-state index contributed by atoms with van der Waals surface area (Å²) in [4.78, 5) is 58.5. The number of alkyl carbamates (subject to hydrolysis) is 1. The first-order valence-corrected chi connectivity index (χ1v) is 19.7. The second-order valence-corrected chi connectivity index (χ2v) is 16.2. The lowest BCUT2D eigenvalue weighted by molar-refractivity contribution is -0.159. The molecule has 0 saturated carbocycles. The standard InChI is InChI=1S/C45H63N3O7/c1-9-11-12-13-14-18-29-48(41(51)37(47-43(53)55-45(6,7)8)30-34-23-27-36(49)28-24-34)39(35-25-21-32(10-2)22-26-35)40(50)46-38(42(52)54-44(3,4)5)31-33-19-16-15-17-20-33/h15-17,19-28,37-39,49H,9-14,18,29-31H2,1-8H3,(H,46,50)(H,47,53). The monoisotopic (exact) mass is 757 g/mol. The van der Waals surface area contributed by atoms with Crippen molar-refractivity contribution < 1.29 is 33.8 Å². The van der Waals surface area contributed by atoms with Gasteiger partial charge in [-0.3, -0.25) is 9.59 Å². The molecule has 3 unspecified atom stereocenters. The first kappa shape index (κ1) is 44.5. The molecule has 10 heteroatoms. The van der Waals surface area contributed by atoms with E-state index in [9.17, 15) is 19.5 Å². The first-order chi connectivity index (χ1) is 26.0. The van der Waals surface area contributed by atoms with E-state index in [2.05, 4.69) is 17.6 Å². The molecule has 3 atom stereocenters. The number of benzene rings is 3. The Morgan fingerprint density at radius 3 is 1.78 bits per heavy atom. The Morgan fingerprint density at radius 2 is 1.20 bits per heavy atom. The minimum absolute atomic E-state index is 0.0683. The predicted octanol–water partition coefficient (Wildman–Crippen LogP) is 8.39. The molecule has 3 aromatic carbocycles. The lowest BCUT2D eigenvalue weighted by atomic mass is 9.97. The van der Waals surface area contributed by atoms with Crippen molar-refractivity contribution in [3.63, 3.8) is 0 Å². The van der Waals surface area contributed by atoms with Gasteiger partial charge >= 0.3 is 12.1 Å². The van der Waals surface area contributed by atoms with Crippen LogP contribution in [0.25, 0.3) is 0 Å². The summed E-state index contributed by atoms with van der Waals surface area (Å²) >= 11 is 0. The zero-order valence-corrected chi connectivity index (χ0v) is 34.2. The number of aryl methyl sites for hydroxylation is 1. The molecule has 0 aliphatic rings. The number of hydrogen-bond acceptors (Lipinski definition) is 7. The predicted molar refractivity (Wildman–Crippen MR) is 217 cm³/mol. The maximum absolute atomic E-state index is 15.1. The average molecular weight is 758 g/mol. The number of esters is 1. The summed E-state index contributed by atoms with van der Waals surface area (Å²) in [6, 6.07) is 20.0. The van der Waals surface area contributed by atoms with Crippen LogP contribution < -0.4 is 10.6 Å². The van der Waals surface area contributed by atoms with Gasteiger partial charge in [-0.1, -0.05) is 113 Å². The van der Waals surface area contributed by atoms with Crippen molar-refractivity contribution in [3.8, 4) is 5.75 Å². The smallest absolute Gasteiger partial charge is 0.408 e. The number of nitrogens with one attached hydrogen (secondary N) is 2. The number of phenols is 1. The molecule has 0 aliphatic heterocycles. The van der Waals surface area contributed by atoms with Gasteiger partial charge in [-0.2, -0.15) is 0 Å². The fourth-order valence-electron chi connectivity index (χ4n) is 6.22. The van der Waals surface area contributed by atoms with Crippen molar-refractivity contribution in [2.45, 2.75) is 143 Å². The van der Waals surface area contributed by atoms with E-state index in [1.54, 1.807) is 53.7 Å². The molecule has 3 aromatic rings. The lowest BCUT2D eigenvalue weighted by Crippen LogP contribution is -2.55. The van der Waals surface area contributed by atoms with Crippen LogP contribution in [-0.2, 0) is 43.1 Å². The van der Waals surface area contributed by atoms with Crippen molar-refractivity contribution in [2.75, 3.05) is 6.54 Å². The molecule has 3 amide bonds. The third kappa shape index (κ3) is 15.8. The van der Waals surface area contributed by atoms with Crippen LogP contribution in [0, 0.1) is 0 Å². The van der Waals surface area contributed by atoms with Crippen molar-refractivity contribution >= 4 is 23.9 Å². The van der Waals surface area contributed by atoms with Gasteiger partial charge in [0, 0.05) is 19.4 Å². The zero-order chi connectivity index (χ0) is 40.6. The largest absolute Gasteiger partial charge is 0.508 e. The number of carbonyl (C=O) groups excluding carboxylic acids is 4. The van der Waals surface area contributed by atoms with Gasteiger partial charge in [-0.25, -0.2) is 9.59 Å². The number of unbranched alkanes of at least 4 members (excludes halogenated alkanes) is 5.